The number of nitrogens with two attached hydrogens (primary N) is 1. The van der Waals surface area contributed by atoms with Crippen molar-refractivity contribution in [3.63, 3.8) is 0 Å². The lowest BCUT2D eigenvalue weighted by atomic mass is 10.1. The van der Waals surface area contributed by atoms with Gasteiger partial charge in [-0.15, -0.1) is 11.3 Å². The van der Waals surface area contributed by atoms with Crippen LogP contribution in [0.4, 0.5) is 11.8 Å². The van der Waals surface area contributed by atoms with Crippen LogP contribution in [0.5, 0.6) is 0 Å². The van der Waals surface area contributed by atoms with Crippen LogP contribution in [0.25, 0.3) is 20.8 Å². The Labute approximate surface area is 198 Å². The molecular formula is C24H33N7OS. The molecule has 1 fully saturated rings. The Bertz CT molecular complexity index is 1160. The average molecular weight is 468 g/mol. The molecule has 8 nitrogen and oxygen atoms in total. The molecule has 0 bridgehead atoms. The molecule has 0 spiro atoms. The predicted octanol–water partition coefficient (Wildman–Crippen LogP) is 4.80. The normalized spacial score (nSPS) is 14.9. The number of fused-ring (bicyclic) bond motifs is 1. The third-order valence-electron chi connectivity index (χ3n) is 5.69. The molecule has 1 unspecified atom stereocenters. The number of nitrogen functional groups attached to an aromatic ring is 1. The zero-order chi connectivity index (χ0) is 23.8. The van der Waals surface area contributed by atoms with Crippen molar-refractivity contribution >= 4 is 39.2 Å². The summed E-state index contributed by atoms with van der Waals surface area (Å²) in [7, 11) is 0. The minimum absolute atomic E-state index is 0.0487. The van der Waals surface area contributed by atoms with Crippen LogP contribution in [0.2, 0.25) is 0 Å². The predicted molar refractivity (Wildman–Crippen MR) is 134 cm³/mol. The number of anilines is 2. The van der Waals surface area contributed by atoms with E-state index in [2.05, 4.69) is 32.5 Å². The number of carbonyl (C=O) groups is 1. The highest BCUT2D eigenvalue weighted by molar-refractivity contribution is 7.21. The van der Waals surface area contributed by atoms with Gasteiger partial charge in [-0.1, -0.05) is 6.92 Å². The lowest BCUT2D eigenvalue weighted by Crippen LogP contribution is -2.41. The van der Waals surface area contributed by atoms with Crippen LogP contribution in [-0.4, -0.2) is 37.4 Å². The second-order valence-electron chi connectivity index (χ2n) is 9.81. The molecule has 0 radical (unpaired) electrons. The van der Waals surface area contributed by atoms with E-state index in [0.29, 0.717) is 24.6 Å². The molecule has 3 heterocycles. The second kappa shape index (κ2) is 9.21. The molecule has 176 valence electrons. The minimum atomic E-state index is -0.237. The van der Waals surface area contributed by atoms with Crippen LogP contribution in [0.1, 0.15) is 77.1 Å². The number of aryl methyl sites for hydroxylation is 1. The molecular weight excluding hydrogens is 434 g/mol. The fourth-order valence-corrected chi connectivity index (χ4v) is 5.02. The molecule has 1 aliphatic carbocycles. The van der Waals surface area contributed by atoms with Crippen molar-refractivity contribution in [3.8, 4) is 10.6 Å². The highest BCUT2D eigenvalue weighted by Crippen LogP contribution is 2.44. The number of hydrogen-bond acceptors (Lipinski definition) is 8. The van der Waals surface area contributed by atoms with E-state index in [9.17, 15) is 4.79 Å². The zero-order valence-electron chi connectivity index (χ0n) is 20.0. The number of amides is 1. The smallest absolute Gasteiger partial charge is 0.222 e. The van der Waals surface area contributed by atoms with Crippen molar-refractivity contribution in [2.75, 3.05) is 11.1 Å². The van der Waals surface area contributed by atoms with Crippen LogP contribution in [0.15, 0.2) is 12.3 Å². The van der Waals surface area contributed by atoms with Crippen molar-refractivity contribution in [2.24, 2.45) is 0 Å². The summed E-state index contributed by atoms with van der Waals surface area (Å²) in [5, 5.41) is 7.42. The second-order valence-corrected chi connectivity index (χ2v) is 10.8. The summed E-state index contributed by atoms with van der Waals surface area (Å²) >= 11 is 1.63. The first-order chi connectivity index (χ1) is 15.6. The van der Waals surface area contributed by atoms with E-state index >= 15 is 0 Å². The Morgan fingerprint density at radius 2 is 2.03 bits per heavy atom. The zero-order valence-corrected chi connectivity index (χ0v) is 20.8. The molecule has 1 saturated carbocycles. The van der Waals surface area contributed by atoms with Crippen molar-refractivity contribution in [1.29, 1.82) is 0 Å². The molecule has 4 N–H and O–H groups in total. The number of thiazole rings is 1. The molecule has 1 amide bonds. The molecule has 33 heavy (non-hydrogen) atoms. The average Bonchev–Trinajstić information content (AvgIpc) is 3.47. The fraction of sp³-hybridized carbons (Fsp3) is 0.542. The van der Waals surface area contributed by atoms with Gasteiger partial charge in [0.15, 0.2) is 0 Å². The van der Waals surface area contributed by atoms with Gasteiger partial charge < -0.3 is 16.4 Å². The summed E-state index contributed by atoms with van der Waals surface area (Å²) in [6.07, 6.45) is 6.21. The minimum Gasteiger partial charge on any atom is -0.368 e. The van der Waals surface area contributed by atoms with Crippen LogP contribution < -0.4 is 16.4 Å². The van der Waals surface area contributed by atoms with Crippen molar-refractivity contribution in [2.45, 2.75) is 84.2 Å². The molecule has 0 aromatic carbocycles. The Morgan fingerprint density at radius 3 is 2.70 bits per heavy atom. The monoisotopic (exact) mass is 467 g/mol. The summed E-state index contributed by atoms with van der Waals surface area (Å²) in [5.74, 6) is 1.46. The van der Waals surface area contributed by atoms with Crippen molar-refractivity contribution in [3.05, 3.63) is 23.7 Å². The number of carbonyl (C=O) groups excluding carboxylic acids is 1. The Morgan fingerprint density at radius 1 is 1.27 bits per heavy atom. The molecule has 3 aromatic heterocycles. The number of hydrogen-bond donors (Lipinski definition) is 3. The summed E-state index contributed by atoms with van der Waals surface area (Å²) < 4.78 is 1.12. The third kappa shape index (κ3) is 5.58. The Kier molecular flexibility index (Phi) is 6.52. The van der Waals surface area contributed by atoms with Crippen LogP contribution in [0, 0.1) is 6.92 Å². The van der Waals surface area contributed by atoms with Crippen LogP contribution in [-0.2, 0) is 4.79 Å². The van der Waals surface area contributed by atoms with E-state index in [1.165, 1.54) is 12.8 Å². The van der Waals surface area contributed by atoms with E-state index in [0.717, 1.165) is 38.6 Å². The SMILES string of the molecule is CCC(CCC(=O)NC(C)(C)C)Nc1nc(N)nc(C)c1-c1nc2c(C3CC3)nccc2s1. The van der Waals surface area contributed by atoms with Gasteiger partial charge >= 0.3 is 0 Å². The van der Waals surface area contributed by atoms with Gasteiger partial charge in [-0.25, -0.2) is 9.97 Å². The Balaban J connectivity index is 1.61. The number of nitrogens with zero attached hydrogens (tertiary/aromatic N) is 4. The first-order valence-electron chi connectivity index (χ1n) is 11.6. The van der Waals surface area contributed by atoms with E-state index < -0.39 is 0 Å². The molecule has 0 saturated heterocycles. The topological polar surface area (TPSA) is 119 Å². The maximum atomic E-state index is 12.3. The van der Waals surface area contributed by atoms with Gasteiger partial charge in [-0.05, 0) is 59.4 Å². The highest BCUT2D eigenvalue weighted by atomic mass is 32.1. The molecule has 4 rings (SSSR count). The lowest BCUT2D eigenvalue weighted by Gasteiger charge is -2.23. The number of aromatic nitrogens is 4. The number of nitrogens with one attached hydrogen (secondary N) is 2. The largest absolute Gasteiger partial charge is 0.368 e. The fourth-order valence-electron chi connectivity index (χ4n) is 3.95. The van der Waals surface area contributed by atoms with Gasteiger partial charge in [-0.3, -0.25) is 9.78 Å². The van der Waals surface area contributed by atoms with E-state index in [4.69, 9.17) is 10.7 Å². The molecule has 3 aromatic rings. The number of rotatable bonds is 8. The summed E-state index contributed by atoms with van der Waals surface area (Å²) in [6.45, 7) is 9.99. The van der Waals surface area contributed by atoms with Gasteiger partial charge in [0.25, 0.3) is 0 Å². The molecule has 1 aliphatic rings. The molecule has 0 aliphatic heterocycles. The standard InChI is InChI=1S/C24H33N7OS/c1-6-15(9-10-17(32)31-24(3,4)5)28-21-18(13(2)27-23(25)30-21)22-29-20-16(33-22)11-12-26-19(20)14-7-8-14/h11-12,14-15H,6-10H2,1-5H3,(H,31,32)(H3,25,27,28,30). The number of pyridine rings is 1. The van der Waals surface area contributed by atoms with Crippen molar-refractivity contribution < 1.29 is 4.79 Å². The van der Waals surface area contributed by atoms with Crippen LogP contribution >= 0.6 is 11.3 Å². The maximum absolute atomic E-state index is 12.3. The third-order valence-corrected chi connectivity index (χ3v) is 6.73. The first kappa shape index (κ1) is 23.4. The maximum Gasteiger partial charge on any atom is 0.222 e. The van der Waals surface area contributed by atoms with Crippen molar-refractivity contribution in [1.82, 2.24) is 25.3 Å². The molecule has 9 heteroatoms. The highest BCUT2D eigenvalue weighted by Gasteiger charge is 2.29. The first-order valence-corrected chi connectivity index (χ1v) is 12.4. The van der Waals surface area contributed by atoms with Gasteiger partial charge in [0.1, 0.15) is 16.3 Å². The van der Waals surface area contributed by atoms with E-state index in [1.807, 2.05) is 40.0 Å². The van der Waals surface area contributed by atoms with E-state index in [-0.39, 0.29) is 23.4 Å². The Hall–Kier alpha value is -2.81. The van der Waals surface area contributed by atoms with E-state index in [1.54, 1.807) is 11.3 Å². The van der Waals surface area contributed by atoms with Gasteiger partial charge in [0, 0.05) is 30.1 Å². The summed E-state index contributed by atoms with van der Waals surface area (Å²) in [6, 6.07) is 2.09. The van der Waals surface area contributed by atoms with Gasteiger partial charge in [-0.2, -0.15) is 4.98 Å². The van der Waals surface area contributed by atoms with Gasteiger partial charge in [0.2, 0.25) is 11.9 Å². The van der Waals surface area contributed by atoms with Crippen LogP contribution in [0.3, 0.4) is 0 Å². The van der Waals surface area contributed by atoms with Gasteiger partial charge in [0.05, 0.1) is 21.7 Å². The quantitative estimate of drug-likeness (QED) is 0.435. The lowest BCUT2D eigenvalue weighted by molar-refractivity contribution is -0.122. The molecule has 1 atom stereocenters. The summed E-state index contributed by atoms with van der Waals surface area (Å²) in [5.41, 5.74) is 9.49. The summed E-state index contributed by atoms with van der Waals surface area (Å²) in [4.78, 5) is 30.8.